The summed E-state index contributed by atoms with van der Waals surface area (Å²) in [7, 11) is 1.50. The van der Waals surface area contributed by atoms with Crippen LogP contribution in [0.5, 0.6) is 17.2 Å². The Bertz CT molecular complexity index is 405. The van der Waals surface area contributed by atoms with Crippen LogP contribution in [0.1, 0.15) is 10.4 Å². The molecule has 0 saturated heterocycles. The third-order valence-corrected chi connectivity index (χ3v) is 2.66. The molecule has 86 valence electrons. The Labute approximate surface area is 98.1 Å². The molecule has 0 spiro atoms. The average molecular weight is 243 g/mol. The number of ether oxygens (including phenoxy) is 3. The van der Waals surface area contributed by atoms with Crippen molar-refractivity contribution in [3.05, 3.63) is 17.7 Å². The van der Waals surface area contributed by atoms with E-state index in [1.54, 1.807) is 12.1 Å². The first-order chi connectivity index (χ1) is 7.78. The summed E-state index contributed by atoms with van der Waals surface area (Å²) in [4.78, 5) is 10.8. The average Bonchev–Trinajstić information content (AvgIpc) is 2.36. The summed E-state index contributed by atoms with van der Waals surface area (Å²) >= 11 is 5.68. The standard InChI is InChI=1S/C11H11ClO4/c1-14-9-3-10-11(2-7(9)5-13)16-8(4-12)6-15-10/h2-3,5,8H,4,6H2,1H3/t8-/m1/s1. The van der Waals surface area contributed by atoms with E-state index in [1.165, 1.54) is 7.11 Å². The molecule has 1 aliphatic heterocycles. The lowest BCUT2D eigenvalue weighted by molar-refractivity contribution is 0.104. The lowest BCUT2D eigenvalue weighted by Crippen LogP contribution is -2.30. The predicted octanol–water partition coefficient (Wildman–Crippen LogP) is 1.89. The summed E-state index contributed by atoms with van der Waals surface area (Å²) < 4.78 is 16.1. The highest BCUT2D eigenvalue weighted by Crippen LogP contribution is 2.37. The SMILES string of the molecule is COc1cc2c(cc1C=O)O[C@H](CCl)CO2. The lowest BCUT2D eigenvalue weighted by Gasteiger charge is -2.25. The number of alkyl halides is 1. The van der Waals surface area contributed by atoms with Crippen molar-refractivity contribution in [3.63, 3.8) is 0 Å². The normalized spacial score (nSPS) is 18.0. The molecule has 0 amide bonds. The van der Waals surface area contributed by atoms with Gasteiger partial charge < -0.3 is 14.2 Å². The Balaban J connectivity index is 2.38. The van der Waals surface area contributed by atoms with E-state index in [1.807, 2.05) is 0 Å². The van der Waals surface area contributed by atoms with Gasteiger partial charge in [-0.2, -0.15) is 0 Å². The molecule has 0 unspecified atom stereocenters. The maximum absolute atomic E-state index is 10.8. The van der Waals surface area contributed by atoms with Gasteiger partial charge in [0.2, 0.25) is 0 Å². The number of carbonyl (C=O) groups excluding carboxylic acids is 1. The molecule has 0 bridgehead atoms. The fourth-order valence-electron chi connectivity index (χ4n) is 1.50. The zero-order chi connectivity index (χ0) is 11.5. The van der Waals surface area contributed by atoms with Crippen molar-refractivity contribution >= 4 is 17.9 Å². The van der Waals surface area contributed by atoms with Crippen LogP contribution < -0.4 is 14.2 Å². The Morgan fingerprint density at radius 2 is 2.38 bits per heavy atom. The third-order valence-electron chi connectivity index (χ3n) is 2.31. The molecule has 1 aromatic carbocycles. The molecule has 0 aromatic heterocycles. The minimum Gasteiger partial charge on any atom is -0.496 e. The number of benzene rings is 1. The number of halogens is 1. The van der Waals surface area contributed by atoms with E-state index in [0.29, 0.717) is 41.6 Å². The van der Waals surface area contributed by atoms with E-state index < -0.39 is 0 Å². The first-order valence-corrected chi connectivity index (χ1v) is 5.34. The summed E-state index contributed by atoms with van der Waals surface area (Å²) in [5, 5.41) is 0. The van der Waals surface area contributed by atoms with Crippen LogP contribution >= 0.6 is 11.6 Å². The van der Waals surface area contributed by atoms with Gasteiger partial charge in [-0.3, -0.25) is 4.79 Å². The highest BCUT2D eigenvalue weighted by atomic mass is 35.5. The van der Waals surface area contributed by atoms with Crippen LogP contribution in [0.2, 0.25) is 0 Å². The molecule has 0 radical (unpaired) electrons. The Morgan fingerprint density at radius 1 is 1.56 bits per heavy atom. The van der Waals surface area contributed by atoms with Crippen LogP contribution in [-0.4, -0.2) is 32.0 Å². The van der Waals surface area contributed by atoms with Crippen molar-refractivity contribution in [1.29, 1.82) is 0 Å². The van der Waals surface area contributed by atoms with Gasteiger partial charge in [0, 0.05) is 6.07 Å². The van der Waals surface area contributed by atoms with Gasteiger partial charge in [-0.05, 0) is 6.07 Å². The highest BCUT2D eigenvalue weighted by molar-refractivity contribution is 6.18. The second-order valence-corrected chi connectivity index (χ2v) is 3.67. The van der Waals surface area contributed by atoms with Crippen LogP contribution in [0, 0.1) is 0 Å². The molecule has 1 atom stereocenters. The topological polar surface area (TPSA) is 44.8 Å². The van der Waals surface area contributed by atoms with Gasteiger partial charge in [0.15, 0.2) is 17.8 Å². The molecule has 5 heteroatoms. The smallest absolute Gasteiger partial charge is 0.165 e. The molecule has 0 saturated carbocycles. The minimum atomic E-state index is -0.179. The molecule has 4 nitrogen and oxygen atoms in total. The number of rotatable bonds is 3. The summed E-state index contributed by atoms with van der Waals surface area (Å²) in [6.07, 6.45) is 0.536. The van der Waals surface area contributed by atoms with Crippen LogP contribution in [0.15, 0.2) is 12.1 Å². The van der Waals surface area contributed by atoms with Crippen molar-refractivity contribution in [1.82, 2.24) is 0 Å². The van der Waals surface area contributed by atoms with Crippen LogP contribution in [0.4, 0.5) is 0 Å². The number of carbonyl (C=O) groups is 1. The predicted molar refractivity (Wildman–Crippen MR) is 59.0 cm³/mol. The molecule has 16 heavy (non-hydrogen) atoms. The molecular formula is C11H11ClO4. The van der Waals surface area contributed by atoms with Crippen molar-refractivity contribution in [2.45, 2.75) is 6.10 Å². The van der Waals surface area contributed by atoms with Crippen molar-refractivity contribution in [2.24, 2.45) is 0 Å². The molecular weight excluding hydrogens is 232 g/mol. The van der Waals surface area contributed by atoms with Gasteiger partial charge >= 0.3 is 0 Å². The lowest BCUT2D eigenvalue weighted by atomic mass is 10.2. The van der Waals surface area contributed by atoms with Gasteiger partial charge in [-0.25, -0.2) is 0 Å². The van der Waals surface area contributed by atoms with E-state index in [2.05, 4.69) is 0 Å². The van der Waals surface area contributed by atoms with Crippen LogP contribution in [0.3, 0.4) is 0 Å². The molecule has 0 aliphatic carbocycles. The quantitative estimate of drug-likeness (QED) is 0.600. The molecule has 1 aliphatic rings. The summed E-state index contributed by atoms with van der Waals surface area (Å²) in [5.74, 6) is 1.92. The maximum atomic E-state index is 10.8. The van der Waals surface area contributed by atoms with Crippen LogP contribution in [-0.2, 0) is 0 Å². The Morgan fingerprint density at radius 3 is 3.00 bits per heavy atom. The van der Waals surface area contributed by atoms with E-state index in [0.717, 1.165) is 0 Å². The van der Waals surface area contributed by atoms with Crippen molar-refractivity contribution in [2.75, 3.05) is 19.6 Å². The number of fused-ring (bicyclic) bond motifs is 1. The van der Waals surface area contributed by atoms with Gasteiger partial charge in [0.1, 0.15) is 18.5 Å². The van der Waals surface area contributed by atoms with E-state index in [4.69, 9.17) is 25.8 Å². The molecule has 1 aromatic rings. The van der Waals surface area contributed by atoms with E-state index in [9.17, 15) is 4.79 Å². The molecule has 2 rings (SSSR count). The van der Waals surface area contributed by atoms with Gasteiger partial charge in [0.25, 0.3) is 0 Å². The Hall–Kier alpha value is -1.42. The van der Waals surface area contributed by atoms with Gasteiger partial charge in [-0.15, -0.1) is 11.6 Å². The minimum absolute atomic E-state index is 0.179. The van der Waals surface area contributed by atoms with E-state index in [-0.39, 0.29) is 6.10 Å². The fraction of sp³-hybridized carbons (Fsp3) is 0.364. The molecule has 0 N–H and O–H groups in total. The monoisotopic (exact) mass is 242 g/mol. The molecule has 0 fully saturated rings. The summed E-state index contributed by atoms with van der Waals surface area (Å²) in [6.45, 7) is 0.403. The van der Waals surface area contributed by atoms with Gasteiger partial charge in [-0.1, -0.05) is 0 Å². The van der Waals surface area contributed by atoms with Crippen molar-refractivity contribution < 1.29 is 19.0 Å². The zero-order valence-corrected chi connectivity index (χ0v) is 9.49. The largest absolute Gasteiger partial charge is 0.496 e. The zero-order valence-electron chi connectivity index (χ0n) is 8.73. The van der Waals surface area contributed by atoms with Crippen molar-refractivity contribution in [3.8, 4) is 17.2 Å². The third kappa shape index (κ3) is 1.93. The second-order valence-electron chi connectivity index (χ2n) is 3.36. The summed E-state index contributed by atoms with van der Waals surface area (Å²) in [5.41, 5.74) is 0.431. The summed E-state index contributed by atoms with van der Waals surface area (Å²) in [6, 6.07) is 3.24. The first kappa shape index (κ1) is 11.1. The van der Waals surface area contributed by atoms with Gasteiger partial charge in [0.05, 0.1) is 18.6 Å². The maximum Gasteiger partial charge on any atom is 0.165 e. The highest BCUT2D eigenvalue weighted by Gasteiger charge is 2.22. The first-order valence-electron chi connectivity index (χ1n) is 4.81. The number of aldehydes is 1. The Kier molecular flexibility index (Phi) is 3.19. The second kappa shape index (κ2) is 4.61. The number of methoxy groups -OCH3 is 1. The number of hydrogen-bond donors (Lipinski definition) is 0. The molecule has 1 heterocycles. The number of hydrogen-bond acceptors (Lipinski definition) is 4. The van der Waals surface area contributed by atoms with Crippen LogP contribution in [0.25, 0.3) is 0 Å². The van der Waals surface area contributed by atoms with E-state index >= 15 is 0 Å². The fourth-order valence-corrected chi connectivity index (χ4v) is 1.66.